The maximum absolute atomic E-state index is 12.1. The fourth-order valence-corrected chi connectivity index (χ4v) is 2.62. The van der Waals surface area contributed by atoms with Crippen molar-refractivity contribution in [1.82, 2.24) is 4.90 Å². The summed E-state index contributed by atoms with van der Waals surface area (Å²) in [6, 6.07) is 4.91. The number of carbonyl (C=O) groups excluding carboxylic acids is 2. The maximum Gasteiger partial charge on any atom is 0.410 e. The molecule has 0 atom stereocenters. The first-order chi connectivity index (χ1) is 12.2. The molecule has 0 spiro atoms. The molecule has 0 aromatic heterocycles. The number of ether oxygens (including phenoxy) is 2. The number of amides is 1. The van der Waals surface area contributed by atoms with Gasteiger partial charge in [0.1, 0.15) is 5.60 Å². The number of piperidine rings is 1. The minimum absolute atomic E-state index is 0.176. The monoisotopic (exact) mass is 358 g/mol. The summed E-state index contributed by atoms with van der Waals surface area (Å²) < 4.78 is 10.1. The molecule has 1 aromatic rings. The number of likely N-dealkylation sites (tertiary alicyclic amines) is 1. The van der Waals surface area contributed by atoms with Crippen LogP contribution >= 0.6 is 0 Å². The molecule has 1 amide bonds. The normalized spacial score (nSPS) is 15.0. The Hall–Kier alpha value is -2.68. The van der Waals surface area contributed by atoms with Crippen molar-refractivity contribution in [1.29, 1.82) is 0 Å². The number of nitrogens with zero attached hydrogens (tertiary/aromatic N) is 1. The Morgan fingerprint density at radius 3 is 2.46 bits per heavy atom. The molecule has 6 heteroatoms. The molecule has 1 aliphatic rings. The molecule has 0 bridgehead atoms. The van der Waals surface area contributed by atoms with Crippen molar-refractivity contribution in [3.63, 3.8) is 0 Å². The minimum atomic E-state index is -0.490. The van der Waals surface area contributed by atoms with Crippen molar-refractivity contribution in [2.75, 3.05) is 25.9 Å². The van der Waals surface area contributed by atoms with Crippen LogP contribution in [0.5, 0.6) is 0 Å². The molecule has 1 fully saturated rings. The van der Waals surface area contributed by atoms with Gasteiger partial charge in [-0.25, -0.2) is 9.59 Å². The predicted molar refractivity (Wildman–Crippen MR) is 99.6 cm³/mol. The second kappa shape index (κ2) is 8.13. The largest absolute Gasteiger partial charge is 0.465 e. The number of hydrogen-bond donors (Lipinski definition) is 1. The summed E-state index contributed by atoms with van der Waals surface area (Å²) in [5, 5.41) is 0. The van der Waals surface area contributed by atoms with Crippen molar-refractivity contribution >= 4 is 17.7 Å². The van der Waals surface area contributed by atoms with E-state index in [1.807, 2.05) is 20.8 Å². The van der Waals surface area contributed by atoms with Gasteiger partial charge < -0.3 is 20.1 Å². The zero-order valence-electron chi connectivity index (χ0n) is 15.8. The van der Waals surface area contributed by atoms with Gasteiger partial charge in [-0.2, -0.15) is 0 Å². The van der Waals surface area contributed by atoms with E-state index in [1.54, 1.807) is 23.1 Å². The summed E-state index contributed by atoms with van der Waals surface area (Å²) in [4.78, 5) is 25.4. The quantitative estimate of drug-likeness (QED) is 0.474. The molecule has 0 saturated carbocycles. The Balaban J connectivity index is 1.98. The molecule has 1 saturated heterocycles. The van der Waals surface area contributed by atoms with Gasteiger partial charge in [-0.3, -0.25) is 0 Å². The molecule has 0 unspecified atom stereocenters. The molecule has 6 nitrogen and oxygen atoms in total. The van der Waals surface area contributed by atoms with Crippen LogP contribution < -0.4 is 5.73 Å². The van der Waals surface area contributed by atoms with E-state index in [4.69, 9.17) is 15.2 Å². The van der Waals surface area contributed by atoms with Crippen molar-refractivity contribution in [3.05, 3.63) is 29.3 Å². The van der Waals surface area contributed by atoms with Gasteiger partial charge in [0, 0.05) is 30.3 Å². The van der Waals surface area contributed by atoms with Crippen LogP contribution in [0.3, 0.4) is 0 Å². The summed E-state index contributed by atoms with van der Waals surface area (Å²) in [6.07, 6.45) is 1.28. The van der Waals surface area contributed by atoms with Crippen LogP contribution in [0.25, 0.3) is 0 Å². The number of rotatable bonds is 1. The average molecular weight is 358 g/mol. The SMILES string of the molecule is COC(=O)c1ccc(N)c(C#CC2CCN(C(=O)OC(C)(C)C)CC2)c1. The molecule has 1 aliphatic heterocycles. The van der Waals surface area contributed by atoms with Gasteiger partial charge in [0.25, 0.3) is 0 Å². The molecular formula is C20H26N2O4. The highest BCUT2D eigenvalue weighted by Gasteiger charge is 2.26. The smallest absolute Gasteiger partial charge is 0.410 e. The number of hydrogen-bond acceptors (Lipinski definition) is 5. The Morgan fingerprint density at radius 1 is 1.23 bits per heavy atom. The number of esters is 1. The number of nitrogen functional groups attached to an aromatic ring is 1. The number of carbonyl (C=O) groups is 2. The van der Waals surface area contributed by atoms with Crippen LogP contribution in [-0.2, 0) is 9.47 Å². The molecule has 1 aromatic carbocycles. The summed E-state index contributed by atoms with van der Waals surface area (Å²) in [5.74, 6) is 6.03. The lowest BCUT2D eigenvalue weighted by Crippen LogP contribution is -2.41. The van der Waals surface area contributed by atoms with Gasteiger partial charge in [0.15, 0.2) is 0 Å². The summed E-state index contributed by atoms with van der Waals surface area (Å²) in [7, 11) is 1.34. The van der Waals surface area contributed by atoms with E-state index in [0.717, 1.165) is 12.8 Å². The summed E-state index contributed by atoms with van der Waals surface area (Å²) in [6.45, 7) is 6.81. The highest BCUT2D eigenvalue weighted by molar-refractivity contribution is 5.90. The summed E-state index contributed by atoms with van der Waals surface area (Å²) >= 11 is 0. The standard InChI is InChI=1S/C20H26N2O4/c1-20(2,3)26-19(24)22-11-9-14(10-12-22)5-6-15-13-16(18(23)25-4)7-8-17(15)21/h7-8,13-14H,9-12,21H2,1-4H3. The van der Waals surface area contributed by atoms with Crippen LogP contribution in [-0.4, -0.2) is 42.8 Å². The zero-order valence-corrected chi connectivity index (χ0v) is 15.8. The number of benzene rings is 1. The zero-order chi connectivity index (χ0) is 19.3. The van der Waals surface area contributed by atoms with Crippen molar-refractivity contribution < 1.29 is 19.1 Å². The minimum Gasteiger partial charge on any atom is -0.465 e. The van der Waals surface area contributed by atoms with Crippen LogP contribution in [0.4, 0.5) is 10.5 Å². The van der Waals surface area contributed by atoms with Crippen molar-refractivity contribution in [2.24, 2.45) is 5.92 Å². The average Bonchev–Trinajstić information content (AvgIpc) is 2.59. The van der Waals surface area contributed by atoms with E-state index in [9.17, 15) is 9.59 Å². The van der Waals surface area contributed by atoms with E-state index in [-0.39, 0.29) is 12.0 Å². The predicted octanol–water partition coefficient (Wildman–Crippen LogP) is 3.05. The molecule has 140 valence electrons. The lowest BCUT2D eigenvalue weighted by atomic mass is 9.97. The third-order valence-electron chi connectivity index (χ3n) is 4.03. The van der Waals surface area contributed by atoms with E-state index in [1.165, 1.54) is 7.11 Å². The number of nitrogens with two attached hydrogens (primary N) is 1. The van der Waals surface area contributed by atoms with Crippen LogP contribution in [0, 0.1) is 17.8 Å². The van der Waals surface area contributed by atoms with E-state index < -0.39 is 11.6 Å². The first-order valence-corrected chi connectivity index (χ1v) is 8.67. The number of anilines is 1. The topological polar surface area (TPSA) is 81.9 Å². The molecule has 1 heterocycles. The van der Waals surface area contributed by atoms with Gasteiger partial charge in [0.2, 0.25) is 0 Å². The first-order valence-electron chi connectivity index (χ1n) is 8.67. The van der Waals surface area contributed by atoms with Crippen molar-refractivity contribution in [3.8, 4) is 11.8 Å². The highest BCUT2D eigenvalue weighted by Crippen LogP contribution is 2.20. The third-order valence-corrected chi connectivity index (χ3v) is 4.03. The Labute approximate surface area is 154 Å². The van der Waals surface area contributed by atoms with E-state index in [2.05, 4.69) is 11.8 Å². The highest BCUT2D eigenvalue weighted by atomic mass is 16.6. The Bertz CT molecular complexity index is 732. The van der Waals surface area contributed by atoms with Gasteiger partial charge in [-0.1, -0.05) is 11.8 Å². The van der Waals surface area contributed by atoms with Crippen molar-refractivity contribution in [2.45, 2.75) is 39.2 Å². The Morgan fingerprint density at radius 2 is 1.88 bits per heavy atom. The molecular weight excluding hydrogens is 332 g/mol. The van der Waals surface area contributed by atoms with E-state index in [0.29, 0.717) is 29.9 Å². The Kier molecular flexibility index (Phi) is 6.14. The summed E-state index contributed by atoms with van der Waals surface area (Å²) in [5.41, 5.74) is 7.01. The van der Waals surface area contributed by atoms with Gasteiger partial charge >= 0.3 is 12.1 Å². The fourth-order valence-electron chi connectivity index (χ4n) is 2.62. The second-order valence-electron chi connectivity index (χ2n) is 7.30. The second-order valence-corrected chi connectivity index (χ2v) is 7.30. The lowest BCUT2D eigenvalue weighted by molar-refractivity contribution is 0.0199. The van der Waals surface area contributed by atoms with Gasteiger partial charge in [-0.05, 0) is 51.8 Å². The lowest BCUT2D eigenvalue weighted by Gasteiger charge is -2.31. The number of methoxy groups -OCH3 is 1. The molecule has 2 N–H and O–H groups in total. The maximum atomic E-state index is 12.1. The van der Waals surface area contributed by atoms with Crippen LogP contribution in [0.2, 0.25) is 0 Å². The van der Waals surface area contributed by atoms with Gasteiger partial charge in [0.05, 0.1) is 12.7 Å². The van der Waals surface area contributed by atoms with Crippen LogP contribution in [0.15, 0.2) is 18.2 Å². The molecule has 26 heavy (non-hydrogen) atoms. The van der Waals surface area contributed by atoms with E-state index >= 15 is 0 Å². The molecule has 2 rings (SSSR count). The van der Waals surface area contributed by atoms with Crippen LogP contribution in [0.1, 0.15) is 49.5 Å². The first kappa shape index (κ1) is 19.6. The fraction of sp³-hybridized carbons (Fsp3) is 0.500. The molecule has 0 radical (unpaired) electrons. The molecule has 0 aliphatic carbocycles. The van der Waals surface area contributed by atoms with Gasteiger partial charge in [-0.15, -0.1) is 0 Å². The third kappa shape index (κ3) is 5.41.